The van der Waals surface area contributed by atoms with E-state index in [-0.39, 0.29) is 12.5 Å². The van der Waals surface area contributed by atoms with Gasteiger partial charge in [-0.05, 0) is 37.5 Å². The Kier molecular flexibility index (Phi) is 4.65. The van der Waals surface area contributed by atoms with Crippen LogP contribution in [-0.4, -0.2) is 58.5 Å². The van der Waals surface area contributed by atoms with Gasteiger partial charge in [0.1, 0.15) is 6.10 Å². The van der Waals surface area contributed by atoms with Gasteiger partial charge in [-0.25, -0.2) is 0 Å². The van der Waals surface area contributed by atoms with Gasteiger partial charge in [0.15, 0.2) is 0 Å². The minimum atomic E-state index is -0.810. The molecule has 0 saturated carbocycles. The number of benzene rings is 1. The fourth-order valence-corrected chi connectivity index (χ4v) is 3.50. The molecule has 6 heteroatoms. The Morgan fingerprint density at radius 2 is 2.00 bits per heavy atom. The highest BCUT2D eigenvalue weighted by molar-refractivity contribution is 6.31. The maximum Gasteiger partial charge on any atom is 0.253 e. The number of hydrogen-bond donors (Lipinski definition) is 2. The van der Waals surface area contributed by atoms with Crippen LogP contribution in [0.4, 0.5) is 0 Å². The molecule has 2 aliphatic heterocycles. The lowest BCUT2D eigenvalue weighted by Gasteiger charge is -2.46. The van der Waals surface area contributed by atoms with Gasteiger partial charge < -0.3 is 19.8 Å². The maximum absolute atomic E-state index is 12.6. The van der Waals surface area contributed by atoms with Crippen LogP contribution in [0.25, 0.3) is 0 Å². The molecule has 0 radical (unpaired) electrons. The van der Waals surface area contributed by atoms with Crippen molar-refractivity contribution >= 4 is 17.5 Å². The molecule has 2 fully saturated rings. The summed E-state index contributed by atoms with van der Waals surface area (Å²) in [6.07, 6.45) is 0.202. The van der Waals surface area contributed by atoms with E-state index >= 15 is 0 Å². The Labute approximate surface area is 140 Å². The second kappa shape index (κ2) is 6.40. The van der Waals surface area contributed by atoms with Crippen LogP contribution in [-0.2, 0) is 4.74 Å². The summed E-state index contributed by atoms with van der Waals surface area (Å²) in [5, 5.41) is 20.1. The number of carbonyl (C=O) groups is 1. The van der Waals surface area contributed by atoms with Crippen LogP contribution in [0.3, 0.4) is 0 Å². The molecule has 2 saturated heterocycles. The summed E-state index contributed by atoms with van der Waals surface area (Å²) in [6.45, 7) is 3.21. The lowest BCUT2D eigenvalue weighted by molar-refractivity contribution is -0.185. The van der Waals surface area contributed by atoms with E-state index < -0.39 is 17.8 Å². The molecule has 2 aliphatic rings. The van der Waals surface area contributed by atoms with Crippen molar-refractivity contribution < 1.29 is 19.7 Å². The standard InChI is InChI=1S/C17H22ClNO4/c1-11-2-3-12(8-13(11)18)16(22)19-6-4-17(5-7-19)9-14(20)15(21)10-23-17/h2-3,8,14-15,20-21H,4-7,9-10H2,1H3/t14-,15+/m1/s1. The molecule has 126 valence electrons. The van der Waals surface area contributed by atoms with Crippen molar-refractivity contribution in [1.29, 1.82) is 0 Å². The van der Waals surface area contributed by atoms with Gasteiger partial charge in [0.25, 0.3) is 5.91 Å². The smallest absolute Gasteiger partial charge is 0.253 e. The molecule has 0 bridgehead atoms. The van der Waals surface area contributed by atoms with Gasteiger partial charge in [-0.15, -0.1) is 0 Å². The highest BCUT2D eigenvalue weighted by Crippen LogP contribution is 2.35. The number of likely N-dealkylation sites (tertiary alicyclic amines) is 1. The quantitative estimate of drug-likeness (QED) is 0.818. The summed E-state index contributed by atoms with van der Waals surface area (Å²) in [5.41, 5.74) is 1.13. The van der Waals surface area contributed by atoms with E-state index in [0.29, 0.717) is 42.9 Å². The Morgan fingerprint density at radius 3 is 2.61 bits per heavy atom. The SMILES string of the molecule is Cc1ccc(C(=O)N2CCC3(CC2)C[C@@H](O)[C@@H](O)CO3)cc1Cl. The average Bonchev–Trinajstić information content (AvgIpc) is 2.54. The predicted molar refractivity (Wildman–Crippen MR) is 86.6 cm³/mol. The number of halogens is 1. The molecule has 5 nitrogen and oxygen atoms in total. The summed E-state index contributed by atoms with van der Waals surface area (Å²) >= 11 is 6.10. The number of aliphatic hydroxyl groups excluding tert-OH is 2. The third-order valence-corrected chi connectivity index (χ3v) is 5.37. The van der Waals surface area contributed by atoms with E-state index in [2.05, 4.69) is 0 Å². The molecule has 2 N–H and O–H groups in total. The highest BCUT2D eigenvalue weighted by Gasteiger charge is 2.43. The van der Waals surface area contributed by atoms with Crippen molar-refractivity contribution in [2.75, 3.05) is 19.7 Å². The summed E-state index contributed by atoms with van der Waals surface area (Å²) in [5.74, 6) is -0.0295. The number of ether oxygens (including phenoxy) is 1. The van der Waals surface area contributed by atoms with Gasteiger partial charge in [0, 0.05) is 30.1 Å². The Bertz CT molecular complexity index is 598. The number of aryl methyl sites for hydroxylation is 1. The van der Waals surface area contributed by atoms with Crippen molar-refractivity contribution in [2.45, 2.75) is 44.0 Å². The van der Waals surface area contributed by atoms with Gasteiger partial charge in [-0.3, -0.25) is 4.79 Å². The summed E-state index contributed by atoms with van der Waals surface area (Å²) in [7, 11) is 0. The summed E-state index contributed by atoms with van der Waals surface area (Å²) in [6, 6.07) is 5.36. The minimum absolute atomic E-state index is 0.0295. The molecular weight excluding hydrogens is 318 g/mol. The second-order valence-electron chi connectivity index (χ2n) is 6.59. The third kappa shape index (κ3) is 3.38. The third-order valence-electron chi connectivity index (χ3n) is 4.97. The zero-order valence-corrected chi connectivity index (χ0v) is 13.9. The van der Waals surface area contributed by atoms with Crippen LogP contribution in [0, 0.1) is 6.92 Å². The van der Waals surface area contributed by atoms with E-state index in [1.54, 1.807) is 17.0 Å². The van der Waals surface area contributed by atoms with E-state index in [9.17, 15) is 15.0 Å². The van der Waals surface area contributed by atoms with Gasteiger partial charge in [-0.1, -0.05) is 17.7 Å². The number of nitrogens with zero attached hydrogens (tertiary/aromatic N) is 1. The molecular formula is C17H22ClNO4. The average molecular weight is 340 g/mol. The summed E-state index contributed by atoms with van der Waals surface area (Å²) in [4.78, 5) is 14.4. The number of hydrogen-bond acceptors (Lipinski definition) is 4. The fourth-order valence-electron chi connectivity index (χ4n) is 3.32. The number of carbonyl (C=O) groups excluding carboxylic acids is 1. The Hall–Kier alpha value is -1.14. The summed E-state index contributed by atoms with van der Waals surface area (Å²) < 4.78 is 5.79. The predicted octanol–water partition coefficient (Wildman–Crippen LogP) is 1.77. The first kappa shape index (κ1) is 16.7. The van der Waals surface area contributed by atoms with Crippen LogP contribution in [0.5, 0.6) is 0 Å². The van der Waals surface area contributed by atoms with E-state index in [4.69, 9.17) is 16.3 Å². The molecule has 1 aromatic carbocycles. The topological polar surface area (TPSA) is 70.0 Å². The zero-order chi connectivity index (χ0) is 16.6. The normalized spacial score (nSPS) is 27.2. The zero-order valence-electron chi connectivity index (χ0n) is 13.2. The van der Waals surface area contributed by atoms with Crippen LogP contribution in [0.1, 0.15) is 35.2 Å². The van der Waals surface area contributed by atoms with E-state index in [1.165, 1.54) is 0 Å². The maximum atomic E-state index is 12.6. The van der Waals surface area contributed by atoms with Gasteiger partial charge in [0.2, 0.25) is 0 Å². The van der Waals surface area contributed by atoms with E-state index in [1.807, 2.05) is 13.0 Å². The number of piperidine rings is 1. The van der Waals surface area contributed by atoms with Crippen molar-refractivity contribution in [3.8, 4) is 0 Å². The molecule has 1 spiro atoms. The number of aliphatic hydroxyl groups is 2. The number of rotatable bonds is 1. The monoisotopic (exact) mass is 339 g/mol. The lowest BCUT2D eigenvalue weighted by Crippen LogP contribution is -2.55. The lowest BCUT2D eigenvalue weighted by atomic mass is 9.82. The van der Waals surface area contributed by atoms with Gasteiger partial charge in [-0.2, -0.15) is 0 Å². The first-order valence-electron chi connectivity index (χ1n) is 7.96. The largest absolute Gasteiger partial charge is 0.390 e. The first-order valence-corrected chi connectivity index (χ1v) is 8.33. The molecule has 1 amide bonds. The van der Waals surface area contributed by atoms with Crippen LogP contribution < -0.4 is 0 Å². The molecule has 0 aromatic heterocycles. The molecule has 3 rings (SSSR count). The van der Waals surface area contributed by atoms with Gasteiger partial charge >= 0.3 is 0 Å². The number of amides is 1. The second-order valence-corrected chi connectivity index (χ2v) is 7.00. The molecule has 2 atom stereocenters. The molecule has 2 heterocycles. The van der Waals surface area contributed by atoms with E-state index in [0.717, 1.165) is 5.56 Å². The van der Waals surface area contributed by atoms with Crippen molar-refractivity contribution in [2.24, 2.45) is 0 Å². The fraction of sp³-hybridized carbons (Fsp3) is 0.588. The van der Waals surface area contributed by atoms with Crippen molar-refractivity contribution in [3.63, 3.8) is 0 Å². The highest BCUT2D eigenvalue weighted by atomic mass is 35.5. The molecule has 0 unspecified atom stereocenters. The van der Waals surface area contributed by atoms with Crippen LogP contribution in [0.2, 0.25) is 5.02 Å². The van der Waals surface area contributed by atoms with Crippen LogP contribution >= 0.6 is 11.6 Å². The molecule has 23 heavy (non-hydrogen) atoms. The van der Waals surface area contributed by atoms with Crippen molar-refractivity contribution in [3.05, 3.63) is 34.3 Å². The Morgan fingerprint density at radius 1 is 1.30 bits per heavy atom. The van der Waals surface area contributed by atoms with Gasteiger partial charge in [0.05, 0.1) is 18.3 Å². The molecule has 1 aromatic rings. The minimum Gasteiger partial charge on any atom is -0.390 e. The Balaban J connectivity index is 1.64. The molecule has 0 aliphatic carbocycles. The van der Waals surface area contributed by atoms with Crippen LogP contribution in [0.15, 0.2) is 18.2 Å². The first-order chi connectivity index (χ1) is 10.9. The van der Waals surface area contributed by atoms with Crippen molar-refractivity contribution in [1.82, 2.24) is 4.90 Å².